The number of carbonyl (C=O) groups is 1. The number of amides is 1. The molecule has 6 heteroatoms. The molecule has 1 aliphatic rings. The van der Waals surface area contributed by atoms with E-state index in [0.717, 1.165) is 19.5 Å². The summed E-state index contributed by atoms with van der Waals surface area (Å²) in [5.41, 5.74) is 1.83. The largest absolute Gasteiger partial charge is 0.449 e. The van der Waals surface area contributed by atoms with Gasteiger partial charge in [-0.15, -0.1) is 0 Å². The highest BCUT2D eigenvalue weighted by Crippen LogP contribution is 2.30. The van der Waals surface area contributed by atoms with Crippen LogP contribution in [0.1, 0.15) is 6.42 Å². The van der Waals surface area contributed by atoms with Gasteiger partial charge >= 0.3 is 6.09 Å². The molecule has 1 N–H and O–H groups in total. The number of benzene rings is 2. The molecule has 1 fully saturated rings. The summed E-state index contributed by atoms with van der Waals surface area (Å²) in [5.74, 6) is -0.0572. The van der Waals surface area contributed by atoms with Crippen LogP contribution in [-0.4, -0.2) is 37.7 Å². The number of ether oxygens (including phenoxy) is 1. The van der Waals surface area contributed by atoms with Crippen LogP contribution in [0, 0.1) is 11.7 Å². The molecule has 1 atom stereocenters. The smallest absolute Gasteiger partial charge is 0.411 e. The number of para-hydroxylation sites is 1. The summed E-state index contributed by atoms with van der Waals surface area (Å²) in [5, 5.41) is 3.05. The van der Waals surface area contributed by atoms with Crippen LogP contribution < -0.4 is 5.32 Å². The Balaban J connectivity index is 1.69. The molecule has 0 unspecified atom stereocenters. The highest BCUT2D eigenvalue weighted by atomic mass is 35.5. The number of hydrogen-bond donors (Lipinski definition) is 1. The number of likely N-dealkylation sites (tertiary alicyclic amines) is 1. The van der Waals surface area contributed by atoms with Gasteiger partial charge in [-0.3, -0.25) is 5.32 Å². The van der Waals surface area contributed by atoms with Gasteiger partial charge in [-0.2, -0.15) is 0 Å². The van der Waals surface area contributed by atoms with Crippen molar-refractivity contribution >= 4 is 23.4 Å². The molecule has 0 aliphatic carbocycles. The number of halogens is 2. The minimum atomic E-state index is -0.510. The molecular weight excluding hydrogens is 343 g/mol. The van der Waals surface area contributed by atoms with Gasteiger partial charge in [0.25, 0.3) is 0 Å². The van der Waals surface area contributed by atoms with E-state index in [1.165, 1.54) is 12.1 Å². The first-order chi connectivity index (χ1) is 12.0. The SMILES string of the molecule is CN1CC[C@H](COC(=O)Nc2ccccc2-c2cc(F)cc(Cl)c2)C1. The van der Waals surface area contributed by atoms with E-state index in [1.807, 2.05) is 6.07 Å². The summed E-state index contributed by atoms with van der Waals surface area (Å²) >= 11 is 5.94. The van der Waals surface area contributed by atoms with Crippen molar-refractivity contribution in [1.82, 2.24) is 4.90 Å². The standard InChI is InChI=1S/C19H20ClFN2O2/c1-23-7-6-13(11-23)12-25-19(24)22-18-5-3-2-4-17(18)14-8-15(20)10-16(21)9-14/h2-5,8-10,13H,6-7,11-12H2,1H3,(H,22,24)/t13-/m0/s1. The third-order valence-electron chi connectivity index (χ3n) is 4.28. The van der Waals surface area contributed by atoms with Crippen molar-refractivity contribution in [2.45, 2.75) is 6.42 Å². The second-order valence-corrected chi connectivity index (χ2v) is 6.78. The predicted molar refractivity (Wildman–Crippen MR) is 97.4 cm³/mol. The van der Waals surface area contributed by atoms with Crippen molar-refractivity contribution in [3.63, 3.8) is 0 Å². The maximum Gasteiger partial charge on any atom is 0.411 e. The molecular formula is C19H20ClFN2O2. The van der Waals surface area contributed by atoms with Crippen molar-refractivity contribution in [3.8, 4) is 11.1 Å². The van der Waals surface area contributed by atoms with Crippen LogP contribution >= 0.6 is 11.6 Å². The lowest BCUT2D eigenvalue weighted by Gasteiger charge is -2.14. The molecule has 3 rings (SSSR count). The maximum atomic E-state index is 13.6. The molecule has 0 spiro atoms. The molecule has 0 aromatic heterocycles. The fourth-order valence-corrected chi connectivity index (χ4v) is 3.28. The van der Waals surface area contributed by atoms with Crippen LogP contribution in [0.4, 0.5) is 14.9 Å². The zero-order chi connectivity index (χ0) is 17.8. The van der Waals surface area contributed by atoms with Gasteiger partial charge in [-0.25, -0.2) is 9.18 Å². The van der Waals surface area contributed by atoms with Crippen molar-refractivity contribution < 1.29 is 13.9 Å². The number of carbonyl (C=O) groups excluding carboxylic acids is 1. The molecule has 2 aromatic carbocycles. The lowest BCUT2D eigenvalue weighted by molar-refractivity contribution is 0.142. The molecule has 25 heavy (non-hydrogen) atoms. The summed E-state index contributed by atoms with van der Waals surface area (Å²) in [6.07, 6.45) is 0.520. The molecule has 1 saturated heterocycles. The third kappa shape index (κ3) is 4.71. The van der Waals surface area contributed by atoms with Crippen molar-refractivity contribution in [3.05, 3.63) is 53.3 Å². The monoisotopic (exact) mass is 362 g/mol. The van der Waals surface area contributed by atoms with Crippen molar-refractivity contribution in [2.24, 2.45) is 5.92 Å². The normalized spacial score (nSPS) is 17.5. The average Bonchev–Trinajstić information content (AvgIpc) is 2.98. The van der Waals surface area contributed by atoms with E-state index >= 15 is 0 Å². The van der Waals surface area contributed by atoms with E-state index in [2.05, 4.69) is 17.3 Å². The van der Waals surface area contributed by atoms with Gasteiger partial charge in [-0.1, -0.05) is 29.8 Å². The molecule has 4 nitrogen and oxygen atoms in total. The van der Waals surface area contributed by atoms with Gasteiger partial charge in [0, 0.05) is 23.0 Å². The number of nitrogens with zero attached hydrogens (tertiary/aromatic N) is 1. The summed E-state index contributed by atoms with van der Waals surface area (Å²) < 4.78 is 19.0. The predicted octanol–water partition coefficient (Wildman–Crippen LogP) is 4.65. The van der Waals surface area contributed by atoms with Crippen LogP contribution in [0.15, 0.2) is 42.5 Å². The van der Waals surface area contributed by atoms with Gasteiger partial charge in [0.15, 0.2) is 0 Å². The zero-order valence-electron chi connectivity index (χ0n) is 14.0. The molecule has 0 bridgehead atoms. The van der Waals surface area contributed by atoms with Crippen molar-refractivity contribution in [2.75, 3.05) is 32.1 Å². The Kier molecular flexibility index (Phi) is 5.56. The summed E-state index contributed by atoms with van der Waals surface area (Å²) in [4.78, 5) is 14.3. The topological polar surface area (TPSA) is 41.6 Å². The Morgan fingerprint density at radius 2 is 2.16 bits per heavy atom. The van der Waals surface area contributed by atoms with E-state index in [4.69, 9.17) is 16.3 Å². The van der Waals surface area contributed by atoms with Crippen LogP contribution in [0.2, 0.25) is 5.02 Å². The van der Waals surface area contributed by atoms with Gasteiger partial charge in [0.1, 0.15) is 5.82 Å². The molecule has 1 heterocycles. The Hall–Kier alpha value is -2.11. The molecule has 0 radical (unpaired) electrons. The van der Waals surface area contributed by atoms with Gasteiger partial charge in [-0.05, 0) is 49.8 Å². The molecule has 1 amide bonds. The van der Waals surface area contributed by atoms with Crippen LogP contribution in [0.5, 0.6) is 0 Å². The Morgan fingerprint density at radius 1 is 1.36 bits per heavy atom. The Morgan fingerprint density at radius 3 is 2.88 bits per heavy atom. The molecule has 132 valence electrons. The number of rotatable bonds is 4. The van der Waals surface area contributed by atoms with E-state index in [1.54, 1.807) is 24.3 Å². The lowest BCUT2D eigenvalue weighted by atomic mass is 10.0. The number of anilines is 1. The van der Waals surface area contributed by atoms with E-state index in [9.17, 15) is 9.18 Å². The first kappa shape index (κ1) is 17.7. The minimum absolute atomic E-state index is 0.303. The molecule has 0 saturated carbocycles. The average molecular weight is 363 g/mol. The quantitative estimate of drug-likeness (QED) is 0.861. The second kappa shape index (κ2) is 7.85. The van der Waals surface area contributed by atoms with E-state index < -0.39 is 11.9 Å². The van der Waals surface area contributed by atoms with E-state index in [-0.39, 0.29) is 0 Å². The van der Waals surface area contributed by atoms with Crippen LogP contribution in [0.3, 0.4) is 0 Å². The van der Waals surface area contributed by atoms with Crippen molar-refractivity contribution in [1.29, 1.82) is 0 Å². The number of hydrogen-bond acceptors (Lipinski definition) is 3. The minimum Gasteiger partial charge on any atom is -0.449 e. The summed E-state index contributed by atoms with van der Waals surface area (Å²) in [6, 6.07) is 11.4. The van der Waals surface area contributed by atoms with Gasteiger partial charge < -0.3 is 9.64 Å². The van der Waals surface area contributed by atoms with Gasteiger partial charge in [0.05, 0.1) is 12.3 Å². The molecule has 1 aliphatic heterocycles. The Bertz CT molecular complexity index is 749. The highest BCUT2D eigenvalue weighted by Gasteiger charge is 2.21. The highest BCUT2D eigenvalue weighted by molar-refractivity contribution is 6.30. The molecule has 2 aromatic rings. The van der Waals surface area contributed by atoms with Crippen LogP contribution in [0.25, 0.3) is 11.1 Å². The third-order valence-corrected chi connectivity index (χ3v) is 4.49. The van der Waals surface area contributed by atoms with Crippen LogP contribution in [-0.2, 0) is 4.74 Å². The summed E-state index contributed by atoms with van der Waals surface area (Å²) in [6.45, 7) is 2.36. The first-order valence-corrected chi connectivity index (χ1v) is 8.57. The van der Waals surface area contributed by atoms with E-state index in [0.29, 0.717) is 34.4 Å². The fraction of sp³-hybridized carbons (Fsp3) is 0.316. The zero-order valence-corrected chi connectivity index (χ0v) is 14.7. The second-order valence-electron chi connectivity index (χ2n) is 6.34. The fourth-order valence-electron chi connectivity index (χ4n) is 3.06. The lowest BCUT2D eigenvalue weighted by Crippen LogP contribution is -2.21. The number of nitrogens with one attached hydrogen (secondary N) is 1. The maximum absolute atomic E-state index is 13.6. The van der Waals surface area contributed by atoms with Gasteiger partial charge in [0.2, 0.25) is 0 Å². The summed E-state index contributed by atoms with van der Waals surface area (Å²) in [7, 11) is 2.06. The Labute approximate surface area is 151 Å². The first-order valence-electron chi connectivity index (χ1n) is 8.19.